The zero-order chi connectivity index (χ0) is 19.2. The number of nitrogens with zero attached hydrogens (tertiary/aromatic N) is 4. The monoisotopic (exact) mass is 399 g/mol. The maximum atomic E-state index is 12.5. The molecule has 4 rings (SSSR count). The Hall–Kier alpha value is -2.40. The topological polar surface area (TPSA) is 82.2 Å². The molecule has 1 N–H and O–H groups in total. The Balaban J connectivity index is 1.61. The van der Waals surface area contributed by atoms with Gasteiger partial charge in [0.25, 0.3) is 0 Å². The summed E-state index contributed by atoms with van der Waals surface area (Å²) >= 11 is 0. The van der Waals surface area contributed by atoms with E-state index in [0.717, 1.165) is 20.8 Å². The highest BCUT2D eigenvalue weighted by Gasteiger charge is 2.39. The van der Waals surface area contributed by atoms with Gasteiger partial charge in [0.05, 0.1) is 11.7 Å². The summed E-state index contributed by atoms with van der Waals surface area (Å²) in [5.41, 5.74) is 2.27. The zero-order valence-corrected chi connectivity index (χ0v) is 14.9. The number of piperazine rings is 1. The smallest absolute Gasteiger partial charge is 0.368 e. The number of rotatable bonds is 3. The normalized spacial score (nSPS) is 17.1. The molecule has 0 radical (unpaired) electrons. The van der Waals surface area contributed by atoms with E-state index in [4.69, 9.17) is 0 Å². The van der Waals surface area contributed by atoms with Gasteiger partial charge < -0.3 is 9.88 Å². The van der Waals surface area contributed by atoms with Crippen molar-refractivity contribution < 1.29 is 21.6 Å². The number of sulfonamides is 1. The molecule has 0 bridgehead atoms. The Labute approximate surface area is 152 Å². The van der Waals surface area contributed by atoms with Crippen molar-refractivity contribution >= 4 is 37.6 Å². The largest absolute Gasteiger partial charge is 0.404 e. The van der Waals surface area contributed by atoms with Gasteiger partial charge in [-0.25, -0.2) is 13.4 Å². The van der Waals surface area contributed by atoms with E-state index in [9.17, 15) is 21.6 Å². The minimum Gasteiger partial charge on any atom is -0.368 e. The van der Waals surface area contributed by atoms with E-state index >= 15 is 0 Å². The number of pyridine rings is 2. The number of fused-ring (bicyclic) bond motifs is 3. The predicted molar refractivity (Wildman–Crippen MR) is 95.0 cm³/mol. The molecule has 0 atom stereocenters. The first-order valence-corrected chi connectivity index (χ1v) is 9.86. The summed E-state index contributed by atoms with van der Waals surface area (Å²) in [6.07, 6.45) is 0.325. The second-order valence-corrected chi connectivity index (χ2v) is 8.31. The third kappa shape index (κ3) is 3.44. The summed E-state index contributed by atoms with van der Waals surface area (Å²) in [7, 11) is -4.36. The van der Waals surface area contributed by atoms with E-state index in [1.807, 2.05) is 17.0 Å². The van der Waals surface area contributed by atoms with Crippen LogP contribution in [0.1, 0.15) is 0 Å². The molecule has 0 aliphatic carbocycles. The van der Waals surface area contributed by atoms with E-state index < -0.39 is 22.0 Å². The summed E-state index contributed by atoms with van der Waals surface area (Å²) in [6.45, 7) is 0.599. The summed E-state index contributed by atoms with van der Waals surface area (Å²) in [4.78, 5) is 13.6. The first kappa shape index (κ1) is 18.0. The molecule has 0 aromatic carbocycles. The van der Waals surface area contributed by atoms with E-state index in [1.54, 1.807) is 18.6 Å². The van der Waals surface area contributed by atoms with Crippen LogP contribution in [-0.4, -0.2) is 65.8 Å². The van der Waals surface area contributed by atoms with Gasteiger partial charge in [-0.2, -0.15) is 17.5 Å². The molecule has 27 heavy (non-hydrogen) atoms. The number of H-pyrrole nitrogens is 1. The lowest BCUT2D eigenvalue weighted by Crippen LogP contribution is -2.50. The highest BCUT2D eigenvalue weighted by atomic mass is 32.2. The van der Waals surface area contributed by atoms with Crippen molar-refractivity contribution in [2.75, 3.05) is 36.8 Å². The molecule has 0 spiro atoms. The third-order valence-corrected chi connectivity index (χ3v) is 6.43. The number of alkyl halides is 3. The fourth-order valence-corrected chi connectivity index (χ4v) is 4.72. The molecule has 0 saturated carbocycles. The Bertz CT molecular complexity index is 1090. The molecule has 11 heteroatoms. The lowest BCUT2D eigenvalue weighted by atomic mass is 10.1. The molecule has 7 nitrogen and oxygen atoms in total. The van der Waals surface area contributed by atoms with Crippen LogP contribution in [0.25, 0.3) is 21.9 Å². The van der Waals surface area contributed by atoms with Gasteiger partial charge in [-0.05, 0) is 12.1 Å². The number of halogens is 3. The van der Waals surface area contributed by atoms with Crippen LogP contribution in [0.5, 0.6) is 0 Å². The second-order valence-electron chi connectivity index (χ2n) is 6.35. The molecular formula is C16H16F3N5O2S. The third-order valence-electron chi connectivity index (χ3n) is 4.59. The molecular weight excluding hydrogens is 383 g/mol. The van der Waals surface area contributed by atoms with Crippen molar-refractivity contribution in [3.8, 4) is 0 Å². The highest BCUT2D eigenvalue weighted by molar-refractivity contribution is 7.89. The zero-order valence-electron chi connectivity index (χ0n) is 14.1. The van der Waals surface area contributed by atoms with Crippen LogP contribution in [0.2, 0.25) is 0 Å². The van der Waals surface area contributed by atoms with Gasteiger partial charge in [0.15, 0.2) is 5.75 Å². The fraction of sp³-hybridized carbons (Fsp3) is 0.375. The van der Waals surface area contributed by atoms with Crippen molar-refractivity contribution in [1.82, 2.24) is 19.3 Å². The Morgan fingerprint density at radius 1 is 1.11 bits per heavy atom. The molecule has 1 aliphatic rings. The number of nitrogens with one attached hydrogen (secondary N) is 1. The molecule has 3 aromatic rings. The summed E-state index contributed by atoms with van der Waals surface area (Å²) in [5.74, 6) is -1.83. The van der Waals surface area contributed by atoms with Gasteiger partial charge in [-0.15, -0.1) is 0 Å². The molecule has 1 fully saturated rings. The molecule has 1 aliphatic heterocycles. The van der Waals surface area contributed by atoms with Gasteiger partial charge in [0.2, 0.25) is 10.0 Å². The number of anilines is 1. The average Bonchev–Trinajstić information content (AvgIpc) is 3.08. The molecule has 4 heterocycles. The molecule has 144 valence electrons. The Morgan fingerprint density at radius 2 is 1.85 bits per heavy atom. The highest BCUT2D eigenvalue weighted by Crippen LogP contribution is 2.32. The fourth-order valence-electron chi connectivity index (χ4n) is 3.40. The number of hydrogen-bond donors (Lipinski definition) is 1. The van der Waals surface area contributed by atoms with E-state index in [1.165, 1.54) is 0 Å². The lowest BCUT2D eigenvalue weighted by molar-refractivity contribution is -0.107. The number of aromatic amines is 1. The van der Waals surface area contributed by atoms with Crippen LogP contribution in [0, 0.1) is 0 Å². The van der Waals surface area contributed by atoms with Gasteiger partial charge in [0.1, 0.15) is 5.65 Å². The second kappa shape index (κ2) is 6.34. The summed E-state index contributed by atoms with van der Waals surface area (Å²) in [5, 5.41) is 1.78. The van der Waals surface area contributed by atoms with Crippen molar-refractivity contribution in [3.05, 3.63) is 30.7 Å². The molecule has 3 aromatic heterocycles. The van der Waals surface area contributed by atoms with Gasteiger partial charge in [-0.1, -0.05) is 0 Å². The van der Waals surface area contributed by atoms with Gasteiger partial charge in [-0.3, -0.25) is 4.98 Å². The van der Waals surface area contributed by atoms with Crippen molar-refractivity contribution in [1.29, 1.82) is 0 Å². The molecule has 0 amide bonds. The average molecular weight is 399 g/mol. The first-order chi connectivity index (χ1) is 12.7. The van der Waals surface area contributed by atoms with Gasteiger partial charge >= 0.3 is 6.18 Å². The lowest BCUT2D eigenvalue weighted by Gasteiger charge is -2.36. The van der Waals surface area contributed by atoms with Crippen molar-refractivity contribution in [3.63, 3.8) is 0 Å². The summed E-state index contributed by atoms with van der Waals surface area (Å²) < 4.78 is 62.4. The van der Waals surface area contributed by atoms with Crippen LogP contribution in [0.3, 0.4) is 0 Å². The minimum absolute atomic E-state index is 0.00356. The van der Waals surface area contributed by atoms with Crippen LogP contribution in [0.15, 0.2) is 30.7 Å². The van der Waals surface area contributed by atoms with E-state index in [0.29, 0.717) is 24.3 Å². The van der Waals surface area contributed by atoms with Gasteiger partial charge in [0, 0.05) is 55.0 Å². The van der Waals surface area contributed by atoms with E-state index in [2.05, 4.69) is 15.0 Å². The van der Waals surface area contributed by atoms with Crippen molar-refractivity contribution in [2.45, 2.75) is 6.18 Å². The Morgan fingerprint density at radius 3 is 2.56 bits per heavy atom. The number of hydrogen-bond acceptors (Lipinski definition) is 5. The quantitative estimate of drug-likeness (QED) is 0.730. The maximum absolute atomic E-state index is 12.5. The van der Waals surface area contributed by atoms with E-state index in [-0.39, 0.29) is 13.1 Å². The number of aromatic nitrogens is 3. The Kier molecular flexibility index (Phi) is 4.22. The van der Waals surface area contributed by atoms with Crippen LogP contribution >= 0.6 is 0 Å². The molecule has 1 saturated heterocycles. The standard InChI is InChI=1S/C16H16F3N5O2S/c17-16(18,19)10-27(25,26)24-7-5-23(6-8-24)13-2-4-20-12-9-22-15-11(14(12)13)1-3-21-15/h1-4,9H,5-8,10H2,(H,21,22). The molecule has 0 unspecified atom stereocenters. The van der Waals surface area contributed by atoms with Crippen LogP contribution < -0.4 is 4.90 Å². The minimum atomic E-state index is -4.75. The van der Waals surface area contributed by atoms with Crippen LogP contribution in [0.4, 0.5) is 18.9 Å². The van der Waals surface area contributed by atoms with Crippen LogP contribution in [-0.2, 0) is 10.0 Å². The maximum Gasteiger partial charge on any atom is 0.404 e. The first-order valence-electron chi connectivity index (χ1n) is 8.25. The predicted octanol–water partition coefficient (Wildman–Crippen LogP) is 2.13. The SMILES string of the molecule is O=S(=O)(CC(F)(F)F)N1CCN(c2ccnc3cnc4[nH]ccc4c23)CC1. The summed E-state index contributed by atoms with van der Waals surface area (Å²) in [6, 6.07) is 3.72. The van der Waals surface area contributed by atoms with Crippen molar-refractivity contribution in [2.24, 2.45) is 0 Å².